The van der Waals surface area contributed by atoms with Crippen LogP contribution in [0.15, 0.2) is 77.4 Å². The van der Waals surface area contributed by atoms with Gasteiger partial charge in [0.25, 0.3) is 0 Å². The van der Waals surface area contributed by atoms with E-state index in [-0.39, 0.29) is 6.03 Å². The zero-order valence-electron chi connectivity index (χ0n) is 18.0. The van der Waals surface area contributed by atoms with E-state index in [2.05, 4.69) is 37.7 Å². The van der Waals surface area contributed by atoms with Crippen LogP contribution in [0.2, 0.25) is 0 Å². The second kappa shape index (κ2) is 9.59. The van der Waals surface area contributed by atoms with Gasteiger partial charge in [0.05, 0.1) is 35.1 Å². The van der Waals surface area contributed by atoms with Gasteiger partial charge in [-0.25, -0.2) is 4.79 Å². The molecule has 1 aromatic heterocycles. The fraction of sp³-hybridized carbons (Fsp3) is 0.0800. The lowest BCUT2D eigenvalue weighted by molar-refractivity contribution is 0.262. The number of rotatable bonds is 5. The number of anilines is 2. The number of carbonyl (C=O) groups is 1. The highest BCUT2D eigenvalue weighted by atomic mass is 79.9. The minimum absolute atomic E-state index is 0.387. The number of methoxy groups -OCH3 is 1. The average Bonchev–Trinajstić information content (AvgIpc) is 3.17. The quantitative estimate of drug-likeness (QED) is 0.348. The van der Waals surface area contributed by atoms with Crippen molar-refractivity contribution >= 4 is 33.3 Å². The summed E-state index contributed by atoms with van der Waals surface area (Å²) < 4.78 is 7.89. The average molecular weight is 502 g/mol. The number of aromatic nitrogens is 2. The Morgan fingerprint density at radius 2 is 1.64 bits per heavy atom. The van der Waals surface area contributed by atoms with Crippen molar-refractivity contribution in [2.45, 2.75) is 0 Å². The molecule has 0 atom stereocenters. The molecule has 0 spiro atoms. The SMILES string of the molecule is COc1ccc(-c2cc(NC(=O)Nc3ccc(C#N)cc3)cc(-c3c(Br)cnn3C)c2)cc1. The lowest BCUT2D eigenvalue weighted by Gasteiger charge is -2.13. The minimum atomic E-state index is -0.387. The minimum Gasteiger partial charge on any atom is -0.497 e. The fourth-order valence-electron chi connectivity index (χ4n) is 3.44. The Morgan fingerprint density at radius 3 is 2.24 bits per heavy atom. The number of amides is 2. The predicted octanol–water partition coefficient (Wildman–Crippen LogP) is 6.04. The molecule has 0 unspecified atom stereocenters. The number of hydrogen-bond acceptors (Lipinski definition) is 4. The van der Waals surface area contributed by atoms with E-state index in [0.29, 0.717) is 16.9 Å². The molecule has 4 aromatic rings. The van der Waals surface area contributed by atoms with Gasteiger partial charge in [0.2, 0.25) is 0 Å². The number of hydrogen-bond donors (Lipinski definition) is 2. The van der Waals surface area contributed by atoms with E-state index >= 15 is 0 Å². The first-order valence-electron chi connectivity index (χ1n) is 10.0. The van der Waals surface area contributed by atoms with Crippen LogP contribution in [-0.4, -0.2) is 22.9 Å². The van der Waals surface area contributed by atoms with Gasteiger partial charge < -0.3 is 15.4 Å². The summed E-state index contributed by atoms with van der Waals surface area (Å²) in [6.45, 7) is 0. The van der Waals surface area contributed by atoms with Gasteiger partial charge in [-0.2, -0.15) is 10.4 Å². The molecule has 0 saturated carbocycles. The van der Waals surface area contributed by atoms with Crippen LogP contribution in [0.25, 0.3) is 22.4 Å². The molecule has 0 saturated heterocycles. The topological polar surface area (TPSA) is 92.0 Å². The van der Waals surface area contributed by atoms with Crippen molar-refractivity contribution in [3.8, 4) is 34.2 Å². The number of ether oxygens (including phenoxy) is 1. The van der Waals surface area contributed by atoms with Crippen molar-refractivity contribution in [1.29, 1.82) is 5.26 Å². The molecule has 0 aliphatic heterocycles. The number of nitrogens with one attached hydrogen (secondary N) is 2. The number of halogens is 1. The van der Waals surface area contributed by atoms with E-state index < -0.39 is 0 Å². The summed E-state index contributed by atoms with van der Waals surface area (Å²) in [4.78, 5) is 12.7. The van der Waals surface area contributed by atoms with Gasteiger partial charge in [-0.3, -0.25) is 4.68 Å². The van der Waals surface area contributed by atoms with Crippen LogP contribution in [-0.2, 0) is 7.05 Å². The molecule has 0 aliphatic rings. The van der Waals surface area contributed by atoms with Gasteiger partial charge >= 0.3 is 6.03 Å². The van der Waals surface area contributed by atoms with Gasteiger partial charge in [-0.05, 0) is 81.7 Å². The highest BCUT2D eigenvalue weighted by molar-refractivity contribution is 9.10. The zero-order valence-corrected chi connectivity index (χ0v) is 19.6. The van der Waals surface area contributed by atoms with Crippen molar-refractivity contribution in [3.63, 3.8) is 0 Å². The maximum atomic E-state index is 12.7. The maximum absolute atomic E-state index is 12.7. The highest BCUT2D eigenvalue weighted by Gasteiger charge is 2.13. The summed E-state index contributed by atoms with van der Waals surface area (Å²) in [7, 11) is 3.49. The summed E-state index contributed by atoms with van der Waals surface area (Å²) in [5, 5.41) is 18.9. The molecule has 8 heteroatoms. The molecule has 33 heavy (non-hydrogen) atoms. The fourth-order valence-corrected chi connectivity index (χ4v) is 4.02. The normalized spacial score (nSPS) is 10.4. The number of nitrogens with zero attached hydrogens (tertiary/aromatic N) is 3. The third kappa shape index (κ3) is 5.05. The van der Waals surface area contributed by atoms with Crippen LogP contribution in [0.1, 0.15) is 5.56 Å². The van der Waals surface area contributed by atoms with Crippen LogP contribution in [0.3, 0.4) is 0 Å². The molecule has 164 valence electrons. The van der Waals surface area contributed by atoms with Crippen LogP contribution >= 0.6 is 15.9 Å². The van der Waals surface area contributed by atoms with E-state index in [1.54, 1.807) is 42.3 Å². The molecule has 3 aromatic carbocycles. The monoisotopic (exact) mass is 501 g/mol. The molecular weight excluding hydrogens is 482 g/mol. The molecule has 0 radical (unpaired) electrons. The van der Waals surface area contributed by atoms with Crippen molar-refractivity contribution in [3.05, 3.63) is 83.0 Å². The Bertz CT molecular complexity index is 1320. The Morgan fingerprint density at radius 1 is 0.970 bits per heavy atom. The van der Waals surface area contributed by atoms with Crippen molar-refractivity contribution in [1.82, 2.24) is 9.78 Å². The molecule has 7 nitrogen and oxygen atoms in total. The van der Waals surface area contributed by atoms with Gasteiger partial charge in [0.1, 0.15) is 5.75 Å². The molecule has 0 aliphatic carbocycles. The first-order valence-corrected chi connectivity index (χ1v) is 10.8. The molecule has 0 fully saturated rings. The number of aryl methyl sites for hydroxylation is 1. The van der Waals surface area contributed by atoms with Crippen LogP contribution in [0.5, 0.6) is 5.75 Å². The largest absolute Gasteiger partial charge is 0.497 e. The Kier molecular flexibility index (Phi) is 6.43. The Balaban J connectivity index is 1.67. The summed E-state index contributed by atoms with van der Waals surface area (Å²) in [5.74, 6) is 0.768. The van der Waals surface area contributed by atoms with Crippen molar-refractivity contribution in [2.75, 3.05) is 17.7 Å². The first kappa shape index (κ1) is 22.1. The Hall–Kier alpha value is -4.09. The van der Waals surface area contributed by atoms with Gasteiger partial charge in [0, 0.05) is 24.0 Å². The van der Waals surface area contributed by atoms with Crippen LogP contribution in [0, 0.1) is 11.3 Å². The molecule has 0 bridgehead atoms. The molecule has 4 rings (SSSR count). The standard InChI is InChI=1S/C25H20BrN5O2/c1-31-24(23(26)15-28-31)19-11-18(17-5-9-22(33-2)10-6-17)12-21(13-19)30-25(32)29-20-7-3-16(14-27)4-8-20/h3-13,15H,1-2H3,(H2,29,30,32). The summed E-state index contributed by atoms with van der Waals surface area (Å²) in [6.07, 6.45) is 1.74. The van der Waals surface area contributed by atoms with E-state index in [1.165, 1.54) is 0 Å². The smallest absolute Gasteiger partial charge is 0.323 e. The van der Waals surface area contributed by atoms with E-state index in [9.17, 15) is 4.79 Å². The lowest BCUT2D eigenvalue weighted by Crippen LogP contribution is -2.19. The van der Waals surface area contributed by atoms with Gasteiger partial charge in [-0.1, -0.05) is 12.1 Å². The summed E-state index contributed by atoms with van der Waals surface area (Å²) in [5.41, 5.74) is 5.43. The molecule has 2 amide bonds. The third-order valence-electron chi connectivity index (χ3n) is 5.05. The number of urea groups is 1. The highest BCUT2D eigenvalue weighted by Crippen LogP contribution is 2.34. The summed E-state index contributed by atoms with van der Waals surface area (Å²) >= 11 is 3.56. The van der Waals surface area contributed by atoms with E-state index in [0.717, 1.165) is 32.6 Å². The van der Waals surface area contributed by atoms with Crippen LogP contribution < -0.4 is 15.4 Å². The lowest BCUT2D eigenvalue weighted by atomic mass is 10.0. The molecule has 1 heterocycles. The van der Waals surface area contributed by atoms with Crippen LogP contribution in [0.4, 0.5) is 16.2 Å². The van der Waals surface area contributed by atoms with Gasteiger partial charge in [-0.15, -0.1) is 0 Å². The van der Waals surface area contributed by atoms with Gasteiger partial charge in [0.15, 0.2) is 0 Å². The van der Waals surface area contributed by atoms with E-state index in [1.807, 2.05) is 49.5 Å². The van der Waals surface area contributed by atoms with Crippen molar-refractivity contribution in [2.24, 2.45) is 7.05 Å². The maximum Gasteiger partial charge on any atom is 0.323 e. The van der Waals surface area contributed by atoms with E-state index in [4.69, 9.17) is 10.00 Å². The number of benzene rings is 3. The second-order valence-corrected chi connectivity index (χ2v) is 8.11. The predicted molar refractivity (Wildman–Crippen MR) is 132 cm³/mol. The zero-order chi connectivity index (χ0) is 23.4. The first-order chi connectivity index (χ1) is 16.0. The Labute approximate surface area is 199 Å². The van der Waals surface area contributed by atoms with Crippen molar-refractivity contribution < 1.29 is 9.53 Å². The molecule has 2 N–H and O–H groups in total. The number of nitriles is 1. The third-order valence-corrected chi connectivity index (χ3v) is 5.63. The summed E-state index contributed by atoms with van der Waals surface area (Å²) in [6, 6.07) is 21.9. The number of carbonyl (C=O) groups excluding carboxylic acids is 1. The second-order valence-electron chi connectivity index (χ2n) is 7.26. The molecular formula is C25H20BrN5O2.